The molecule has 1 saturated heterocycles. The van der Waals surface area contributed by atoms with Gasteiger partial charge in [-0.25, -0.2) is 0 Å². The van der Waals surface area contributed by atoms with Crippen LogP contribution in [0.15, 0.2) is 0 Å². The molecular weight excluding hydrogens is 194 g/mol. The van der Waals surface area contributed by atoms with Crippen LogP contribution in [0.1, 0.15) is 38.5 Å². The van der Waals surface area contributed by atoms with Crippen LogP contribution in [0, 0.1) is 0 Å². The summed E-state index contributed by atoms with van der Waals surface area (Å²) in [6, 6.07) is 1.04. The third-order valence-corrected chi connectivity index (χ3v) is 4.55. The molecule has 2 aliphatic rings. The van der Waals surface area contributed by atoms with E-state index in [1.54, 1.807) is 0 Å². The molecule has 14 heavy (non-hydrogen) atoms. The molecule has 0 aromatic rings. The van der Waals surface area contributed by atoms with E-state index >= 15 is 0 Å². The molecule has 0 radical (unpaired) electrons. The van der Waals surface area contributed by atoms with Crippen molar-refractivity contribution in [3.8, 4) is 0 Å². The minimum absolute atomic E-state index is 0.0873. The van der Waals surface area contributed by atoms with Crippen LogP contribution in [0.2, 0.25) is 0 Å². The Balaban J connectivity index is 1.76. The van der Waals surface area contributed by atoms with Crippen molar-refractivity contribution in [3.05, 3.63) is 0 Å². The fraction of sp³-hybridized carbons (Fsp3) is 1.00. The number of nitrogens with one attached hydrogen (secondary N) is 1. The summed E-state index contributed by atoms with van der Waals surface area (Å²) in [4.78, 5) is 0. The lowest BCUT2D eigenvalue weighted by Gasteiger charge is -2.33. The highest BCUT2D eigenvalue weighted by Crippen LogP contribution is 2.22. The van der Waals surface area contributed by atoms with Gasteiger partial charge in [0.2, 0.25) is 0 Å². The Morgan fingerprint density at radius 3 is 2.64 bits per heavy atom. The second kappa shape index (κ2) is 5.38. The summed E-state index contributed by atoms with van der Waals surface area (Å²) >= 11 is 2.05. The number of rotatable bonds is 2. The van der Waals surface area contributed by atoms with Crippen LogP contribution < -0.4 is 5.32 Å². The van der Waals surface area contributed by atoms with E-state index < -0.39 is 0 Å². The smallest absolute Gasteiger partial charge is 0.0693 e. The van der Waals surface area contributed by atoms with Crippen LogP contribution in [0.3, 0.4) is 0 Å². The Morgan fingerprint density at radius 2 is 1.93 bits per heavy atom. The first-order valence-electron chi connectivity index (χ1n) is 5.88. The van der Waals surface area contributed by atoms with Gasteiger partial charge in [0.05, 0.1) is 6.10 Å². The van der Waals surface area contributed by atoms with E-state index in [4.69, 9.17) is 0 Å². The van der Waals surface area contributed by atoms with Gasteiger partial charge in [-0.3, -0.25) is 0 Å². The highest BCUT2D eigenvalue weighted by Gasteiger charge is 2.25. The first-order valence-corrected chi connectivity index (χ1v) is 7.03. The summed E-state index contributed by atoms with van der Waals surface area (Å²) in [5, 5.41) is 13.5. The van der Waals surface area contributed by atoms with Crippen molar-refractivity contribution in [1.29, 1.82) is 0 Å². The normalized spacial score (nSPS) is 39.6. The molecule has 0 aromatic carbocycles. The number of aliphatic hydroxyl groups excluding tert-OH is 1. The van der Waals surface area contributed by atoms with Crippen molar-refractivity contribution in [1.82, 2.24) is 5.32 Å². The monoisotopic (exact) mass is 215 g/mol. The van der Waals surface area contributed by atoms with Crippen molar-refractivity contribution in [2.24, 2.45) is 0 Å². The minimum atomic E-state index is -0.0873. The van der Waals surface area contributed by atoms with Crippen molar-refractivity contribution in [2.45, 2.75) is 56.7 Å². The van der Waals surface area contributed by atoms with Gasteiger partial charge in [-0.15, -0.1) is 0 Å². The molecule has 0 amide bonds. The van der Waals surface area contributed by atoms with E-state index in [0.29, 0.717) is 12.1 Å². The van der Waals surface area contributed by atoms with Gasteiger partial charge in [-0.1, -0.05) is 12.8 Å². The molecule has 0 bridgehead atoms. The standard InChI is InChI=1S/C11H21NOS/c13-11-6-2-1-5-10(11)12-9-4-3-7-14-8-9/h9-13H,1-8H2/t9-,10+,11+/m1/s1. The molecule has 0 unspecified atom stereocenters. The SMILES string of the molecule is O[C@H]1CCCC[C@@H]1N[C@@H]1CCCSC1. The molecule has 2 fully saturated rings. The van der Waals surface area contributed by atoms with Crippen molar-refractivity contribution >= 4 is 11.8 Å². The van der Waals surface area contributed by atoms with Crippen molar-refractivity contribution < 1.29 is 5.11 Å². The van der Waals surface area contributed by atoms with Gasteiger partial charge >= 0.3 is 0 Å². The molecule has 0 spiro atoms. The molecule has 2 N–H and O–H groups in total. The van der Waals surface area contributed by atoms with Crippen molar-refractivity contribution in [3.63, 3.8) is 0 Å². The lowest BCUT2D eigenvalue weighted by molar-refractivity contribution is 0.0855. The Bertz CT molecular complexity index is 171. The number of thioether (sulfide) groups is 1. The van der Waals surface area contributed by atoms with E-state index in [1.807, 2.05) is 11.8 Å². The Kier molecular flexibility index (Phi) is 4.14. The molecule has 82 valence electrons. The van der Waals surface area contributed by atoms with Gasteiger partial charge in [0.1, 0.15) is 0 Å². The van der Waals surface area contributed by atoms with Gasteiger partial charge in [0.15, 0.2) is 0 Å². The molecular formula is C11H21NOS. The molecule has 1 heterocycles. The fourth-order valence-electron chi connectivity index (χ4n) is 2.48. The molecule has 1 aliphatic heterocycles. The highest BCUT2D eigenvalue weighted by atomic mass is 32.2. The van der Waals surface area contributed by atoms with E-state index in [2.05, 4.69) is 5.32 Å². The maximum absolute atomic E-state index is 9.83. The molecule has 1 saturated carbocycles. The zero-order chi connectivity index (χ0) is 9.80. The molecule has 3 atom stereocenters. The van der Waals surface area contributed by atoms with Gasteiger partial charge in [0, 0.05) is 17.8 Å². The Morgan fingerprint density at radius 1 is 1.07 bits per heavy atom. The summed E-state index contributed by atoms with van der Waals surface area (Å²) in [7, 11) is 0. The van der Waals surface area contributed by atoms with Crippen molar-refractivity contribution in [2.75, 3.05) is 11.5 Å². The van der Waals surface area contributed by atoms with Crippen LogP contribution in [0.4, 0.5) is 0 Å². The summed E-state index contributed by atoms with van der Waals surface area (Å²) in [6.45, 7) is 0. The second-order valence-electron chi connectivity index (χ2n) is 4.54. The molecule has 0 aromatic heterocycles. The van der Waals surface area contributed by atoms with Crippen LogP contribution in [0.25, 0.3) is 0 Å². The van der Waals surface area contributed by atoms with Crippen LogP contribution in [0.5, 0.6) is 0 Å². The summed E-state index contributed by atoms with van der Waals surface area (Å²) in [5.41, 5.74) is 0. The summed E-state index contributed by atoms with van der Waals surface area (Å²) in [6.07, 6.45) is 7.21. The molecule has 1 aliphatic carbocycles. The minimum Gasteiger partial charge on any atom is -0.392 e. The van der Waals surface area contributed by atoms with E-state index in [9.17, 15) is 5.11 Å². The fourth-order valence-corrected chi connectivity index (χ4v) is 3.57. The van der Waals surface area contributed by atoms with Crippen LogP contribution in [-0.2, 0) is 0 Å². The maximum Gasteiger partial charge on any atom is 0.0693 e. The lowest BCUT2D eigenvalue weighted by Crippen LogP contribution is -2.48. The highest BCUT2D eigenvalue weighted by molar-refractivity contribution is 7.99. The Labute approximate surface area is 90.8 Å². The van der Waals surface area contributed by atoms with Gasteiger partial charge in [-0.2, -0.15) is 11.8 Å². The predicted octanol–water partition coefficient (Wildman–Crippen LogP) is 1.78. The van der Waals surface area contributed by atoms with Crippen LogP contribution >= 0.6 is 11.8 Å². The average Bonchev–Trinajstić information content (AvgIpc) is 2.23. The largest absolute Gasteiger partial charge is 0.392 e. The number of hydrogen-bond donors (Lipinski definition) is 2. The topological polar surface area (TPSA) is 32.3 Å². The lowest BCUT2D eigenvalue weighted by atomic mass is 9.92. The zero-order valence-electron chi connectivity index (χ0n) is 8.74. The van der Waals surface area contributed by atoms with Gasteiger partial charge < -0.3 is 10.4 Å². The average molecular weight is 215 g/mol. The predicted molar refractivity (Wildman–Crippen MR) is 61.7 cm³/mol. The quantitative estimate of drug-likeness (QED) is 0.736. The van der Waals surface area contributed by atoms with Gasteiger partial charge in [0.25, 0.3) is 0 Å². The molecule has 2 rings (SSSR count). The first-order chi connectivity index (χ1) is 6.86. The zero-order valence-corrected chi connectivity index (χ0v) is 9.56. The second-order valence-corrected chi connectivity index (χ2v) is 5.69. The summed E-state index contributed by atoms with van der Waals surface area (Å²) < 4.78 is 0. The number of aliphatic hydroxyl groups is 1. The van der Waals surface area contributed by atoms with E-state index in [0.717, 1.165) is 6.42 Å². The molecule has 3 heteroatoms. The molecule has 2 nitrogen and oxygen atoms in total. The summed E-state index contributed by atoms with van der Waals surface area (Å²) in [5.74, 6) is 2.56. The van der Waals surface area contributed by atoms with E-state index in [-0.39, 0.29) is 6.10 Å². The van der Waals surface area contributed by atoms with E-state index in [1.165, 1.54) is 43.6 Å². The maximum atomic E-state index is 9.83. The Hall–Kier alpha value is 0.270. The van der Waals surface area contributed by atoms with Gasteiger partial charge in [-0.05, 0) is 31.4 Å². The van der Waals surface area contributed by atoms with Crippen LogP contribution in [-0.4, -0.2) is 34.8 Å². The third kappa shape index (κ3) is 2.88. The third-order valence-electron chi connectivity index (χ3n) is 3.34. The number of hydrogen-bond acceptors (Lipinski definition) is 3. The first kappa shape index (κ1) is 10.8.